The first-order chi connectivity index (χ1) is 13.4. The van der Waals surface area contributed by atoms with Crippen molar-refractivity contribution in [1.82, 2.24) is 14.8 Å². The molecule has 0 spiro atoms. The highest BCUT2D eigenvalue weighted by Gasteiger charge is 2.68. The normalized spacial score (nSPS) is 24.6. The molecule has 2 aliphatic rings. The topological polar surface area (TPSA) is 36.4 Å². The van der Waals surface area contributed by atoms with Crippen molar-refractivity contribution in [2.24, 2.45) is 5.41 Å². The van der Waals surface area contributed by atoms with E-state index in [1.54, 1.807) is 12.1 Å². The number of halogens is 1. The Morgan fingerprint density at radius 2 is 1.79 bits per heavy atom. The van der Waals surface area contributed by atoms with Crippen LogP contribution in [0.4, 0.5) is 4.39 Å². The molecule has 4 rings (SSSR count). The second-order valence-electron chi connectivity index (χ2n) is 8.72. The van der Waals surface area contributed by atoms with E-state index in [1.807, 2.05) is 35.5 Å². The molecule has 5 heteroatoms. The van der Waals surface area contributed by atoms with Gasteiger partial charge in [-0.05, 0) is 42.0 Å². The highest BCUT2D eigenvalue weighted by atomic mass is 19.1. The molecule has 1 saturated carbocycles. The fourth-order valence-electron chi connectivity index (χ4n) is 4.71. The summed E-state index contributed by atoms with van der Waals surface area (Å²) in [6.07, 6.45) is 5.27. The van der Waals surface area contributed by atoms with Crippen molar-refractivity contribution in [3.05, 3.63) is 65.7 Å². The Hall–Kier alpha value is -2.27. The summed E-state index contributed by atoms with van der Waals surface area (Å²) in [5.41, 5.74) is 0.859. The predicted octanol–water partition coefficient (Wildman–Crippen LogP) is 3.62. The van der Waals surface area contributed by atoms with Gasteiger partial charge in [-0.3, -0.25) is 14.7 Å². The lowest BCUT2D eigenvalue weighted by Crippen LogP contribution is -2.43. The van der Waals surface area contributed by atoms with Crippen LogP contribution in [-0.4, -0.2) is 46.9 Å². The zero-order valence-electron chi connectivity index (χ0n) is 16.7. The second-order valence-corrected chi connectivity index (χ2v) is 8.72. The van der Waals surface area contributed by atoms with Crippen LogP contribution in [0.25, 0.3) is 0 Å². The van der Waals surface area contributed by atoms with Crippen LogP contribution in [0, 0.1) is 11.2 Å². The number of pyridine rings is 1. The van der Waals surface area contributed by atoms with Crippen molar-refractivity contribution in [3.63, 3.8) is 0 Å². The van der Waals surface area contributed by atoms with Gasteiger partial charge in [0.05, 0.1) is 5.41 Å². The van der Waals surface area contributed by atoms with Gasteiger partial charge in [0.15, 0.2) is 0 Å². The molecule has 1 amide bonds. The van der Waals surface area contributed by atoms with E-state index in [1.165, 1.54) is 11.6 Å². The summed E-state index contributed by atoms with van der Waals surface area (Å²) in [5.74, 6) is -0.177. The zero-order chi connectivity index (χ0) is 19.8. The Kier molecular flexibility index (Phi) is 4.96. The molecule has 0 bridgehead atoms. The number of carbonyl (C=O) groups is 1. The third-order valence-corrected chi connectivity index (χ3v) is 6.47. The van der Waals surface area contributed by atoms with Gasteiger partial charge < -0.3 is 4.90 Å². The maximum absolute atomic E-state index is 14.6. The highest BCUT2D eigenvalue weighted by Crippen LogP contribution is 2.65. The summed E-state index contributed by atoms with van der Waals surface area (Å²) >= 11 is 0. The van der Waals surface area contributed by atoms with E-state index in [4.69, 9.17) is 0 Å². The van der Waals surface area contributed by atoms with E-state index in [9.17, 15) is 9.18 Å². The van der Waals surface area contributed by atoms with Crippen LogP contribution in [0.3, 0.4) is 0 Å². The van der Waals surface area contributed by atoms with E-state index < -0.39 is 5.41 Å². The lowest BCUT2D eigenvalue weighted by Gasteiger charge is -2.29. The van der Waals surface area contributed by atoms with Gasteiger partial charge in [0.25, 0.3) is 0 Å². The summed E-state index contributed by atoms with van der Waals surface area (Å²) in [4.78, 5) is 22.0. The molecule has 0 N–H and O–H groups in total. The van der Waals surface area contributed by atoms with E-state index in [0.717, 1.165) is 32.6 Å². The average molecular weight is 381 g/mol. The molecular formula is C23H28FN3O. The number of aromatic nitrogens is 1. The molecule has 2 aromatic rings. The Balaban J connectivity index is 1.49. The Morgan fingerprint density at radius 3 is 2.46 bits per heavy atom. The molecule has 1 aliphatic heterocycles. The summed E-state index contributed by atoms with van der Waals surface area (Å²) in [6, 6.07) is 10.9. The fraction of sp³-hybridized carbons (Fsp3) is 0.478. The number of hydrogen-bond acceptors (Lipinski definition) is 3. The molecule has 2 heterocycles. The fourth-order valence-corrected chi connectivity index (χ4v) is 4.71. The van der Waals surface area contributed by atoms with Crippen LogP contribution in [0.15, 0.2) is 48.8 Å². The van der Waals surface area contributed by atoms with Crippen molar-refractivity contribution in [2.45, 2.75) is 38.6 Å². The quantitative estimate of drug-likeness (QED) is 0.812. The third-order valence-electron chi connectivity index (χ3n) is 6.47. The van der Waals surface area contributed by atoms with Gasteiger partial charge in [-0.1, -0.05) is 32.0 Å². The maximum atomic E-state index is 14.6. The van der Waals surface area contributed by atoms with Crippen molar-refractivity contribution in [2.75, 3.05) is 26.2 Å². The number of carbonyl (C=O) groups excluding carboxylic acids is 1. The van der Waals surface area contributed by atoms with Crippen LogP contribution in [0.1, 0.15) is 37.8 Å². The minimum Gasteiger partial charge on any atom is -0.341 e. The predicted molar refractivity (Wildman–Crippen MR) is 107 cm³/mol. The molecule has 1 atom stereocenters. The van der Waals surface area contributed by atoms with Crippen LogP contribution in [0.5, 0.6) is 0 Å². The second kappa shape index (κ2) is 7.28. The summed E-state index contributed by atoms with van der Waals surface area (Å²) in [5, 5.41) is 0. The number of nitrogens with zero attached hydrogens (tertiary/aromatic N) is 3. The van der Waals surface area contributed by atoms with Crippen molar-refractivity contribution >= 4 is 5.91 Å². The van der Waals surface area contributed by atoms with Gasteiger partial charge in [0, 0.05) is 50.7 Å². The van der Waals surface area contributed by atoms with Gasteiger partial charge in [-0.15, -0.1) is 0 Å². The van der Waals surface area contributed by atoms with Crippen LogP contribution < -0.4 is 0 Å². The van der Waals surface area contributed by atoms with Gasteiger partial charge in [-0.2, -0.15) is 0 Å². The lowest BCUT2D eigenvalue weighted by molar-refractivity contribution is -0.134. The van der Waals surface area contributed by atoms with Crippen LogP contribution >= 0.6 is 0 Å². The van der Waals surface area contributed by atoms with Crippen molar-refractivity contribution in [3.8, 4) is 0 Å². The molecule has 28 heavy (non-hydrogen) atoms. The largest absolute Gasteiger partial charge is 0.341 e. The van der Waals surface area contributed by atoms with Gasteiger partial charge >= 0.3 is 0 Å². The average Bonchev–Trinajstić information content (AvgIpc) is 3.34. The summed E-state index contributed by atoms with van der Waals surface area (Å²) in [7, 11) is 0. The first-order valence-electron chi connectivity index (χ1n) is 10.1. The van der Waals surface area contributed by atoms with Gasteiger partial charge in [0.1, 0.15) is 5.82 Å². The SMILES string of the molecule is CC1(C)C[C@]1(C(=O)N1CCCN(Cc2ccncc2)CC1)c1ccccc1F. The van der Waals surface area contributed by atoms with E-state index >= 15 is 0 Å². The molecule has 1 aromatic heterocycles. The van der Waals surface area contributed by atoms with Gasteiger partial charge in [-0.25, -0.2) is 4.39 Å². The highest BCUT2D eigenvalue weighted by molar-refractivity contribution is 5.93. The number of benzene rings is 1. The van der Waals surface area contributed by atoms with Gasteiger partial charge in [0.2, 0.25) is 5.91 Å². The van der Waals surface area contributed by atoms with E-state index in [-0.39, 0.29) is 17.1 Å². The third kappa shape index (κ3) is 3.32. The standard InChI is InChI=1S/C23H28FN3O/c1-22(2)17-23(22,19-6-3-4-7-20(19)24)21(28)27-13-5-12-26(14-15-27)16-18-8-10-25-11-9-18/h3-4,6-11H,5,12-17H2,1-2H3/t23-/m1/s1. The Labute approximate surface area is 166 Å². The number of rotatable bonds is 4. The molecule has 1 aliphatic carbocycles. The first kappa shape index (κ1) is 19.1. The Morgan fingerprint density at radius 1 is 1.07 bits per heavy atom. The van der Waals surface area contributed by atoms with Crippen LogP contribution in [-0.2, 0) is 16.8 Å². The molecular weight excluding hydrogens is 353 g/mol. The van der Waals surface area contributed by atoms with Crippen LogP contribution in [0.2, 0.25) is 0 Å². The molecule has 0 unspecified atom stereocenters. The lowest BCUT2D eigenvalue weighted by atomic mass is 9.86. The molecule has 4 nitrogen and oxygen atoms in total. The smallest absolute Gasteiger partial charge is 0.233 e. The minimum atomic E-state index is -0.724. The molecule has 0 radical (unpaired) electrons. The number of amides is 1. The molecule has 1 saturated heterocycles. The minimum absolute atomic E-state index is 0.0911. The zero-order valence-corrected chi connectivity index (χ0v) is 16.7. The molecule has 1 aromatic carbocycles. The first-order valence-corrected chi connectivity index (χ1v) is 10.1. The maximum Gasteiger partial charge on any atom is 0.233 e. The summed E-state index contributed by atoms with van der Waals surface area (Å²) in [6.45, 7) is 8.24. The van der Waals surface area contributed by atoms with Crippen molar-refractivity contribution < 1.29 is 9.18 Å². The summed E-state index contributed by atoms with van der Waals surface area (Å²) < 4.78 is 14.6. The molecule has 148 valence electrons. The van der Waals surface area contributed by atoms with Crippen molar-refractivity contribution in [1.29, 1.82) is 0 Å². The monoisotopic (exact) mass is 381 g/mol. The Bertz CT molecular complexity index is 854. The molecule has 2 fully saturated rings. The van der Waals surface area contributed by atoms with E-state index in [0.29, 0.717) is 18.5 Å². The van der Waals surface area contributed by atoms with E-state index in [2.05, 4.69) is 23.7 Å². The number of hydrogen-bond donors (Lipinski definition) is 0.